The molecule has 0 spiro atoms. The Labute approximate surface area is 203 Å². The molecule has 2 N–H and O–H groups in total. The third kappa shape index (κ3) is 6.53. The molecular formula is C23H17Cl2N3O6. The Morgan fingerprint density at radius 2 is 1.74 bits per heavy atom. The number of nitrogens with one attached hydrogen (secondary N) is 1. The molecule has 0 aliphatic heterocycles. The highest BCUT2D eigenvalue weighted by molar-refractivity contribution is 6.37. The van der Waals surface area contributed by atoms with Crippen molar-refractivity contribution in [2.75, 3.05) is 0 Å². The molecule has 3 aromatic carbocycles. The topological polar surface area (TPSA) is 131 Å². The minimum absolute atomic E-state index is 0.119. The first-order valence-corrected chi connectivity index (χ1v) is 10.5. The number of hydrazone groups is 1. The molecule has 0 saturated heterocycles. The molecule has 0 saturated carbocycles. The number of nitro groups is 1. The molecule has 1 amide bonds. The van der Waals surface area contributed by atoms with Crippen molar-refractivity contribution in [2.24, 2.45) is 5.10 Å². The fourth-order valence-electron chi connectivity index (χ4n) is 2.92. The Morgan fingerprint density at radius 1 is 1.09 bits per heavy atom. The van der Waals surface area contributed by atoms with Crippen LogP contribution >= 0.6 is 23.2 Å². The third-order valence-electron chi connectivity index (χ3n) is 4.55. The predicted molar refractivity (Wildman–Crippen MR) is 127 cm³/mol. The zero-order chi connectivity index (χ0) is 24.7. The number of rotatable bonds is 9. The van der Waals surface area contributed by atoms with E-state index in [0.717, 1.165) is 5.56 Å². The van der Waals surface area contributed by atoms with Crippen LogP contribution < -0.4 is 10.2 Å². The monoisotopic (exact) mass is 501 g/mol. The number of ether oxygens (including phenoxy) is 1. The number of carbonyl (C=O) groups is 2. The van der Waals surface area contributed by atoms with Crippen LogP contribution in [0.15, 0.2) is 65.8 Å². The number of carbonyl (C=O) groups excluding carboxylic acids is 1. The second-order valence-corrected chi connectivity index (χ2v) is 7.77. The Kier molecular flexibility index (Phi) is 8.18. The number of carboxylic acid groups (broad SMARTS) is 1. The highest BCUT2D eigenvalue weighted by Crippen LogP contribution is 2.34. The zero-order valence-electron chi connectivity index (χ0n) is 17.4. The Morgan fingerprint density at radius 3 is 2.35 bits per heavy atom. The first kappa shape index (κ1) is 24.7. The van der Waals surface area contributed by atoms with Gasteiger partial charge in [0, 0.05) is 11.6 Å². The van der Waals surface area contributed by atoms with Gasteiger partial charge in [0.15, 0.2) is 5.75 Å². The summed E-state index contributed by atoms with van der Waals surface area (Å²) in [5, 5.41) is 24.3. The summed E-state index contributed by atoms with van der Waals surface area (Å²) >= 11 is 12.5. The molecule has 9 nitrogen and oxygen atoms in total. The summed E-state index contributed by atoms with van der Waals surface area (Å²) in [5.41, 5.74) is 3.81. The molecule has 0 radical (unpaired) electrons. The summed E-state index contributed by atoms with van der Waals surface area (Å²) in [7, 11) is 0. The van der Waals surface area contributed by atoms with Crippen LogP contribution in [0.25, 0.3) is 0 Å². The molecule has 0 heterocycles. The first-order valence-electron chi connectivity index (χ1n) is 9.73. The van der Waals surface area contributed by atoms with Crippen molar-refractivity contribution in [3.63, 3.8) is 0 Å². The molecule has 174 valence electrons. The molecular weight excluding hydrogens is 485 g/mol. The van der Waals surface area contributed by atoms with Gasteiger partial charge in [0.05, 0.1) is 33.2 Å². The van der Waals surface area contributed by atoms with Crippen LogP contribution in [-0.2, 0) is 17.8 Å². The van der Waals surface area contributed by atoms with E-state index in [4.69, 9.17) is 33.0 Å². The lowest BCUT2D eigenvalue weighted by molar-refractivity contribution is -0.385. The maximum Gasteiger partial charge on any atom is 0.335 e. The van der Waals surface area contributed by atoms with Crippen molar-refractivity contribution in [3.05, 3.63) is 103 Å². The lowest BCUT2D eigenvalue weighted by atomic mass is 10.1. The Hall–Kier alpha value is -3.95. The van der Waals surface area contributed by atoms with E-state index >= 15 is 0 Å². The van der Waals surface area contributed by atoms with Gasteiger partial charge >= 0.3 is 5.97 Å². The van der Waals surface area contributed by atoms with E-state index in [9.17, 15) is 19.7 Å². The second kappa shape index (κ2) is 11.3. The van der Waals surface area contributed by atoms with Gasteiger partial charge in [-0.2, -0.15) is 5.10 Å². The fraction of sp³-hybridized carbons (Fsp3) is 0.0870. The minimum atomic E-state index is -1.02. The van der Waals surface area contributed by atoms with Gasteiger partial charge in [-0.3, -0.25) is 14.9 Å². The molecule has 0 fully saturated rings. The normalized spacial score (nSPS) is 10.8. The molecule has 0 unspecified atom stereocenters. The number of halogens is 2. The molecule has 0 aromatic heterocycles. The summed E-state index contributed by atoms with van der Waals surface area (Å²) in [5.74, 6) is -1.31. The van der Waals surface area contributed by atoms with Gasteiger partial charge in [0.1, 0.15) is 6.61 Å². The minimum Gasteiger partial charge on any atom is -0.486 e. The molecule has 34 heavy (non-hydrogen) atoms. The number of benzene rings is 3. The highest BCUT2D eigenvalue weighted by atomic mass is 35.5. The lowest BCUT2D eigenvalue weighted by Crippen LogP contribution is -2.20. The summed E-state index contributed by atoms with van der Waals surface area (Å²) in [4.78, 5) is 33.5. The van der Waals surface area contributed by atoms with E-state index < -0.39 is 16.8 Å². The summed E-state index contributed by atoms with van der Waals surface area (Å²) in [6.07, 6.45) is 1.11. The lowest BCUT2D eigenvalue weighted by Gasteiger charge is -2.11. The zero-order valence-corrected chi connectivity index (χ0v) is 18.9. The third-order valence-corrected chi connectivity index (χ3v) is 5.11. The van der Waals surface area contributed by atoms with Crippen LogP contribution in [0.2, 0.25) is 10.0 Å². The van der Waals surface area contributed by atoms with Crippen molar-refractivity contribution in [1.82, 2.24) is 5.43 Å². The van der Waals surface area contributed by atoms with Crippen LogP contribution in [0.1, 0.15) is 27.0 Å². The van der Waals surface area contributed by atoms with Gasteiger partial charge in [-0.05, 0) is 35.4 Å². The molecule has 11 heteroatoms. The largest absolute Gasteiger partial charge is 0.486 e. The predicted octanol–water partition coefficient (Wildman–Crippen LogP) is 4.87. The van der Waals surface area contributed by atoms with Crippen molar-refractivity contribution in [1.29, 1.82) is 0 Å². The van der Waals surface area contributed by atoms with E-state index in [1.165, 1.54) is 48.7 Å². The standard InChI is InChI=1S/C23H17Cl2N3O6/c24-18-9-15(12-26-27-21(29)11-17-3-1-2-4-20(17)28(32)33)10-19(25)22(18)34-13-14-5-7-16(8-6-14)23(30)31/h1-10,12H,11,13H2,(H,27,29)(H,30,31)/b26-12+. The number of aromatic carboxylic acids is 1. The van der Waals surface area contributed by atoms with E-state index in [-0.39, 0.29) is 45.6 Å². The van der Waals surface area contributed by atoms with Gasteiger partial charge in [-0.15, -0.1) is 0 Å². The average Bonchev–Trinajstić information content (AvgIpc) is 2.79. The molecule has 0 aliphatic rings. The molecule has 0 bridgehead atoms. The molecule has 3 aromatic rings. The summed E-state index contributed by atoms with van der Waals surface area (Å²) < 4.78 is 5.67. The average molecular weight is 502 g/mol. The van der Waals surface area contributed by atoms with Gasteiger partial charge < -0.3 is 9.84 Å². The maximum atomic E-state index is 12.1. The SMILES string of the molecule is O=C(Cc1ccccc1[N+](=O)[O-])N/N=C/c1cc(Cl)c(OCc2ccc(C(=O)O)cc2)c(Cl)c1. The van der Waals surface area contributed by atoms with Crippen LogP contribution in [0.3, 0.4) is 0 Å². The summed E-state index contributed by atoms with van der Waals surface area (Å²) in [6.45, 7) is 0.119. The van der Waals surface area contributed by atoms with E-state index in [2.05, 4.69) is 10.5 Å². The van der Waals surface area contributed by atoms with Gasteiger partial charge in [0.2, 0.25) is 5.91 Å². The number of para-hydroxylation sites is 1. The first-order chi connectivity index (χ1) is 16.2. The van der Waals surface area contributed by atoms with E-state index in [1.807, 2.05) is 0 Å². The quantitative estimate of drug-likeness (QED) is 0.244. The van der Waals surface area contributed by atoms with Crippen LogP contribution in [0, 0.1) is 10.1 Å². The fourth-order valence-corrected chi connectivity index (χ4v) is 3.53. The van der Waals surface area contributed by atoms with Crippen LogP contribution in [-0.4, -0.2) is 28.1 Å². The number of nitro benzene ring substituents is 1. The van der Waals surface area contributed by atoms with Gasteiger partial charge in [-0.25, -0.2) is 10.2 Å². The Balaban J connectivity index is 1.60. The van der Waals surface area contributed by atoms with Crippen molar-refractivity contribution in [2.45, 2.75) is 13.0 Å². The van der Waals surface area contributed by atoms with Crippen LogP contribution in [0.5, 0.6) is 5.75 Å². The van der Waals surface area contributed by atoms with Crippen LogP contribution in [0.4, 0.5) is 5.69 Å². The molecule has 0 atom stereocenters. The smallest absolute Gasteiger partial charge is 0.335 e. The summed E-state index contributed by atoms with van der Waals surface area (Å²) in [6, 6.07) is 15.2. The molecule has 0 aliphatic carbocycles. The van der Waals surface area contributed by atoms with Crippen molar-refractivity contribution in [3.8, 4) is 5.75 Å². The van der Waals surface area contributed by atoms with Crippen molar-refractivity contribution >= 4 is 47.0 Å². The number of nitrogens with zero attached hydrogens (tertiary/aromatic N) is 2. The van der Waals surface area contributed by atoms with Crippen molar-refractivity contribution < 1.29 is 24.4 Å². The second-order valence-electron chi connectivity index (χ2n) is 6.96. The van der Waals surface area contributed by atoms with Gasteiger partial charge in [0.25, 0.3) is 5.69 Å². The number of hydrogen-bond donors (Lipinski definition) is 2. The highest BCUT2D eigenvalue weighted by Gasteiger charge is 2.15. The van der Waals surface area contributed by atoms with E-state index in [1.54, 1.807) is 18.2 Å². The molecule has 3 rings (SSSR count). The number of carboxylic acids is 1. The number of hydrogen-bond acceptors (Lipinski definition) is 6. The maximum absolute atomic E-state index is 12.1. The van der Waals surface area contributed by atoms with E-state index in [0.29, 0.717) is 5.56 Å². The van der Waals surface area contributed by atoms with Gasteiger partial charge in [-0.1, -0.05) is 53.5 Å². The number of amides is 1. The Bertz CT molecular complexity index is 1240.